The van der Waals surface area contributed by atoms with Gasteiger partial charge >= 0.3 is 0 Å². The Morgan fingerprint density at radius 2 is 1.77 bits per heavy atom. The molecule has 3 rings (SSSR count). The van der Waals surface area contributed by atoms with Gasteiger partial charge in [0.05, 0.1) is 0 Å². The van der Waals surface area contributed by atoms with Gasteiger partial charge in [-0.3, -0.25) is 9.69 Å². The molecular formula is C18H22N2OS. The second-order valence-corrected chi connectivity index (χ2v) is 6.55. The van der Waals surface area contributed by atoms with E-state index < -0.39 is 0 Å². The van der Waals surface area contributed by atoms with Crippen LogP contribution in [0.25, 0.3) is 0 Å². The molecule has 1 aromatic heterocycles. The smallest absolute Gasteiger partial charge is 0.222 e. The number of amides is 1. The van der Waals surface area contributed by atoms with E-state index in [0.29, 0.717) is 12.3 Å². The lowest BCUT2D eigenvalue weighted by Crippen LogP contribution is -2.48. The fourth-order valence-electron chi connectivity index (χ4n) is 2.85. The molecule has 1 amide bonds. The number of benzene rings is 1. The number of aryl methyl sites for hydroxylation is 1. The Hall–Kier alpha value is -1.65. The largest absolute Gasteiger partial charge is 0.340 e. The summed E-state index contributed by atoms with van der Waals surface area (Å²) in [6.07, 6.45) is 1.46. The van der Waals surface area contributed by atoms with Gasteiger partial charge in [0.25, 0.3) is 0 Å². The Labute approximate surface area is 136 Å². The molecule has 0 spiro atoms. The first-order chi connectivity index (χ1) is 10.8. The van der Waals surface area contributed by atoms with Crippen LogP contribution in [0.4, 0.5) is 0 Å². The molecule has 0 unspecified atom stereocenters. The van der Waals surface area contributed by atoms with Crippen LogP contribution in [0.15, 0.2) is 47.2 Å². The molecule has 0 saturated carbocycles. The molecule has 116 valence electrons. The van der Waals surface area contributed by atoms with Gasteiger partial charge in [-0.15, -0.1) is 0 Å². The number of nitrogens with zero attached hydrogens (tertiary/aromatic N) is 2. The van der Waals surface area contributed by atoms with E-state index in [2.05, 4.69) is 33.9 Å². The Morgan fingerprint density at radius 3 is 2.45 bits per heavy atom. The summed E-state index contributed by atoms with van der Waals surface area (Å²) in [5.74, 6) is 0.291. The zero-order valence-electron chi connectivity index (χ0n) is 12.8. The fraction of sp³-hybridized carbons (Fsp3) is 0.389. The summed E-state index contributed by atoms with van der Waals surface area (Å²) in [5, 5.41) is 4.33. The van der Waals surface area contributed by atoms with Crippen LogP contribution in [-0.4, -0.2) is 41.9 Å². The van der Waals surface area contributed by atoms with Gasteiger partial charge in [-0.05, 0) is 34.4 Å². The predicted octanol–water partition coefficient (Wildman–Crippen LogP) is 3.03. The van der Waals surface area contributed by atoms with Crippen LogP contribution >= 0.6 is 11.3 Å². The van der Waals surface area contributed by atoms with E-state index in [1.807, 2.05) is 23.1 Å². The van der Waals surface area contributed by atoms with E-state index in [1.54, 1.807) is 11.3 Å². The third kappa shape index (κ3) is 4.18. The third-order valence-electron chi connectivity index (χ3n) is 4.18. The van der Waals surface area contributed by atoms with Gasteiger partial charge in [-0.1, -0.05) is 30.3 Å². The quantitative estimate of drug-likeness (QED) is 0.847. The van der Waals surface area contributed by atoms with E-state index in [1.165, 1.54) is 11.1 Å². The van der Waals surface area contributed by atoms with Crippen molar-refractivity contribution in [2.75, 3.05) is 26.2 Å². The van der Waals surface area contributed by atoms with Crippen molar-refractivity contribution in [3.8, 4) is 0 Å². The minimum Gasteiger partial charge on any atom is -0.340 e. The van der Waals surface area contributed by atoms with Crippen LogP contribution in [-0.2, 0) is 17.8 Å². The van der Waals surface area contributed by atoms with Gasteiger partial charge in [0.2, 0.25) is 5.91 Å². The summed E-state index contributed by atoms with van der Waals surface area (Å²) in [4.78, 5) is 16.8. The van der Waals surface area contributed by atoms with E-state index >= 15 is 0 Å². The van der Waals surface area contributed by atoms with Crippen LogP contribution in [0.5, 0.6) is 0 Å². The second-order valence-electron chi connectivity index (χ2n) is 5.77. The molecule has 2 aromatic rings. The molecule has 1 saturated heterocycles. The Morgan fingerprint density at radius 1 is 1.00 bits per heavy atom. The van der Waals surface area contributed by atoms with Crippen LogP contribution in [0.2, 0.25) is 0 Å². The summed E-state index contributed by atoms with van der Waals surface area (Å²) in [6, 6.07) is 12.4. The van der Waals surface area contributed by atoms with Crippen molar-refractivity contribution in [3.63, 3.8) is 0 Å². The molecule has 0 bridgehead atoms. The van der Waals surface area contributed by atoms with Crippen LogP contribution in [0.3, 0.4) is 0 Å². The van der Waals surface area contributed by atoms with Gasteiger partial charge < -0.3 is 4.90 Å². The molecule has 0 aliphatic carbocycles. The van der Waals surface area contributed by atoms with Crippen LogP contribution in [0.1, 0.15) is 17.5 Å². The fourth-order valence-corrected chi connectivity index (χ4v) is 3.51. The molecule has 1 aromatic carbocycles. The number of carbonyl (C=O) groups is 1. The number of hydrogen-bond donors (Lipinski definition) is 0. The van der Waals surface area contributed by atoms with E-state index in [9.17, 15) is 4.79 Å². The maximum atomic E-state index is 12.3. The average Bonchev–Trinajstić information content (AvgIpc) is 3.07. The van der Waals surface area contributed by atoms with Crippen molar-refractivity contribution in [2.24, 2.45) is 0 Å². The second kappa shape index (κ2) is 7.56. The normalized spacial score (nSPS) is 15.9. The summed E-state index contributed by atoms with van der Waals surface area (Å²) < 4.78 is 0. The molecule has 1 aliphatic heterocycles. The maximum Gasteiger partial charge on any atom is 0.222 e. The lowest BCUT2D eigenvalue weighted by molar-refractivity contribution is -0.133. The summed E-state index contributed by atoms with van der Waals surface area (Å²) in [7, 11) is 0. The standard InChI is InChI=1S/C18H22N2OS/c21-18(7-6-16-4-2-1-3-5-16)20-11-9-19(10-12-20)14-17-8-13-22-15-17/h1-5,8,13,15H,6-7,9-12,14H2. The highest BCUT2D eigenvalue weighted by molar-refractivity contribution is 7.07. The molecule has 22 heavy (non-hydrogen) atoms. The van der Waals surface area contributed by atoms with Crippen LogP contribution in [0, 0.1) is 0 Å². The topological polar surface area (TPSA) is 23.6 Å². The third-order valence-corrected chi connectivity index (χ3v) is 4.91. The van der Waals surface area contributed by atoms with Crippen molar-refractivity contribution in [2.45, 2.75) is 19.4 Å². The molecule has 1 fully saturated rings. The van der Waals surface area contributed by atoms with Gasteiger partial charge in [-0.2, -0.15) is 11.3 Å². The first-order valence-corrected chi connectivity index (χ1v) is 8.81. The Balaban J connectivity index is 1.42. The Kier molecular flexibility index (Phi) is 5.24. The molecule has 0 N–H and O–H groups in total. The number of rotatable bonds is 5. The maximum absolute atomic E-state index is 12.3. The highest BCUT2D eigenvalue weighted by atomic mass is 32.1. The first kappa shape index (κ1) is 15.3. The van der Waals surface area contributed by atoms with E-state index in [-0.39, 0.29) is 0 Å². The van der Waals surface area contributed by atoms with E-state index in [0.717, 1.165) is 39.1 Å². The van der Waals surface area contributed by atoms with Crippen LogP contribution < -0.4 is 0 Å². The summed E-state index contributed by atoms with van der Waals surface area (Å²) in [6.45, 7) is 4.69. The number of carbonyl (C=O) groups excluding carboxylic acids is 1. The number of thiophene rings is 1. The van der Waals surface area contributed by atoms with Crippen molar-refractivity contribution in [1.29, 1.82) is 0 Å². The van der Waals surface area contributed by atoms with Crippen molar-refractivity contribution < 1.29 is 4.79 Å². The van der Waals surface area contributed by atoms with Crippen molar-refractivity contribution >= 4 is 17.2 Å². The minimum atomic E-state index is 0.291. The predicted molar refractivity (Wildman–Crippen MR) is 90.9 cm³/mol. The lowest BCUT2D eigenvalue weighted by atomic mass is 10.1. The molecule has 0 atom stereocenters. The van der Waals surface area contributed by atoms with Gasteiger partial charge in [0, 0.05) is 39.1 Å². The van der Waals surface area contributed by atoms with E-state index in [4.69, 9.17) is 0 Å². The molecule has 1 aliphatic rings. The molecule has 2 heterocycles. The zero-order valence-corrected chi connectivity index (χ0v) is 13.6. The molecule has 3 nitrogen and oxygen atoms in total. The average molecular weight is 314 g/mol. The molecule has 0 radical (unpaired) electrons. The zero-order chi connectivity index (χ0) is 15.2. The number of piperazine rings is 1. The van der Waals surface area contributed by atoms with Gasteiger partial charge in [0.1, 0.15) is 0 Å². The summed E-state index contributed by atoms with van der Waals surface area (Å²) >= 11 is 1.75. The van der Waals surface area contributed by atoms with Gasteiger partial charge in [0.15, 0.2) is 0 Å². The summed E-state index contributed by atoms with van der Waals surface area (Å²) in [5.41, 5.74) is 2.63. The molecule has 4 heteroatoms. The first-order valence-electron chi connectivity index (χ1n) is 7.86. The highest BCUT2D eigenvalue weighted by Crippen LogP contribution is 2.12. The number of hydrogen-bond acceptors (Lipinski definition) is 3. The minimum absolute atomic E-state index is 0.291. The van der Waals surface area contributed by atoms with Crippen molar-refractivity contribution in [3.05, 3.63) is 58.3 Å². The monoisotopic (exact) mass is 314 g/mol. The molecular weight excluding hydrogens is 292 g/mol. The van der Waals surface area contributed by atoms with Gasteiger partial charge in [-0.25, -0.2) is 0 Å². The Bertz CT molecular complexity index is 574. The lowest BCUT2D eigenvalue weighted by Gasteiger charge is -2.34. The van der Waals surface area contributed by atoms with Crippen molar-refractivity contribution in [1.82, 2.24) is 9.80 Å². The highest BCUT2D eigenvalue weighted by Gasteiger charge is 2.20. The SMILES string of the molecule is O=C(CCc1ccccc1)N1CCN(Cc2ccsc2)CC1.